The topological polar surface area (TPSA) is 67.3 Å². The lowest BCUT2D eigenvalue weighted by Gasteiger charge is -2.17. The van der Waals surface area contributed by atoms with Crippen LogP contribution in [0.1, 0.15) is 5.56 Å². The van der Waals surface area contributed by atoms with E-state index in [1.165, 1.54) is 0 Å². The van der Waals surface area contributed by atoms with Gasteiger partial charge in [-0.3, -0.25) is 9.69 Å². The molecule has 1 aromatic heterocycles. The maximum absolute atomic E-state index is 12.2. The van der Waals surface area contributed by atoms with Crippen LogP contribution < -0.4 is 10.1 Å². The first kappa shape index (κ1) is 17.3. The Morgan fingerprint density at radius 1 is 1.20 bits per heavy atom. The van der Waals surface area contributed by atoms with Crippen LogP contribution >= 0.6 is 11.7 Å². The molecule has 0 saturated heterocycles. The lowest BCUT2D eigenvalue weighted by atomic mass is 10.2. The van der Waals surface area contributed by atoms with Gasteiger partial charge < -0.3 is 10.1 Å². The summed E-state index contributed by atoms with van der Waals surface area (Å²) in [5.74, 6) is 0.793. The number of aromatic nitrogens is 2. The molecule has 0 aliphatic heterocycles. The summed E-state index contributed by atoms with van der Waals surface area (Å²) in [5, 5.41) is 2.90. The zero-order valence-electron chi connectivity index (χ0n) is 14.2. The molecule has 25 heavy (non-hydrogen) atoms. The molecule has 0 saturated carbocycles. The molecule has 0 spiro atoms. The molecule has 1 heterocycles. The van der Waals surface area contributed by atoms with E-state index < -0.39 is 0 Å². The number of ether oxygens (including phenoxy) is 1. The van der Waals surface area contributed by atoms with Gasteiger partial charge in [0, 0.05) is 6.54 Å². The first-order chi connectivity index (χ1) is 12.1. The van der Waals surface area contributed by atoms with Crippen LogP contribution in [0.15, 0.2) is 42.5 Å². The number of likely N-dealkylation sites (N-methyl/N-ethyl adjacent to an activating group) is 1. The van der Waals surface area contributed by atoms with E-state index in [1.54, 1.807) is 0 Å². The van der Waals surface area contributed by atoms with Crippen LogP contribution in [0.2, 0.25) is 0 Å². The summed E-state index contributed by atoms with van der Waals surface area (Å²) in [7, 11) is 1.89. The monoisotopic (exact) mass is 356 g/mol. The predicted molar refractivity (Wildman–Crippen MR) is 100 cm³/mol. The number of para-hydroxylation sites is 1. The minimum atomic E-state index is -0.0844. The molecule has 0 aliphatic rings. The Balaban J connectivity index is 1.48. The highest BCUT2D eigenvalue weighted by atomic mass is 32.1. The second-order valence-electron chi connectivity index (χ2n) is 5.84. The van der Waals surface area contributed by atoms with Crippen molar-refractivity contribution in [3.8, 4) is 5.75 Å². The SMILES string of the molecule is Cc1ccccc1OCCN(C)CC(=O)Nc1cccc2nsnc12. The number of rotatable bonds is 7. The van der Waals surface area contributed by atoms with Crippen LogP contribution in [0.3, 0.4) is 0 Å². The van der Waals surface area contributed by atoms with Crippen molar-refractivity contribution in [1.29, 1.82) is 0 Å². The van der Waals surface area contributed by atoms with Gasteiger partial charge in [0.25, 0.3) is 0 Å². The Labute approximate surface area is 150 Å². The number of nitrogens with one attached hydrogen (secondary N) is 1. The lowest BCUT2D eigenvalue weighted by Crippen LogP contribution is -2.33. The molecule has 0 unspecified atom stereocenters. The van der Waals surface area contributed by atoms with Crippen molar-refractivity contribution in [3.63, 3.8) is 0 Å². The number of carbonyl (C=O) groups is 1. The number of fused-ring (bicyclic) bond motifs is 1. The summed E-state index contributed by atoms with van der Waals surface area (Å²) in [6.07, 6.45) is 0. The van der Waals surface area contributed by atoms with E-state index in [0.29, 0.717) is 18.8 Å². The zero-order valence-corrected chi connectivity index (χ0v) is 15.0. The van der Waals surface area contributed by atoms with Crippen molar-refractivity contribution < 1.29 is 9.53 Å². The molecule has 7 heteroatoms. The van der Waals surface area contributed by atoms with E-state index in [1.807, 2.05) is 61.3 Å². The van der Waals surface area contributed by atoms with Crippen LogP contribution in [0.4, 0.5) is 5.69 Å². The van der Waals surface area contributed by atoms with E-state index in [-0.39, 0.29) is 12.5 Å². The summed E-state index contributed by atoms with van der Waals surface area (Å²) in [4.78, 5) is 14.2. The number of benzene rings is 2. The van der Waals surface area contributed by atoms with Gasteiger partial charge in [-0.1, -0.05) is 24.3 Å². The Hall–Kier alpha value is -2.51. The van der Waals surface area contributed by atoms with Crippen molar-refractivity contribution in [2.45, 2.75) is 6.92 Å². The standard InChI is InChI=1S/C18H20N4O2S/c1-13-6-3-4-9-16(13)24-11-10-22(2)12-17(23)19-14-7-5-8-15-18(14)21-25-20-15/h3-9H,10-12H2,1-2H3,(H,19,23). The minimum absolute atomic E-state index is 0.0844. The fourth-order valence-corrected chi connectivity index (χ4v) is 3.00. The van der Waals surface area contributed by atoms with Gasteiger partial charge in [0.15, 0.2) is 0 Å². The Morgan fingerprint density at radius 3 is 2.88 bits per heavy atom. The summed E-state index contributed by atoms with van der Waals surface area (Å²) in [6.45, 7) is 3.48. The van der Waals surface area contributed by atoms with Gasteiger partial charge in [0.2, 0.25) is 5.91 Å². The molecule has 6 nitrogen and oxygen atoms in total. The highest BCUT2D eigenvalue weighted by molar-refractivity contribution is 7.00. The van der Waals surface area contributed by atoms with Crippen LogP contribution in [0.5, 0.6) is 5.75 Å². The predicted octanol–water partition coefficient (Wildman–Crippen LogP) is 2.95. The number of amides is 1. The molecule has 0 aliphatic carbocycles. The smallest absolute Gasteiger partial charge is 0.238 e. The van der Waals surface area contributed by atoms with Crippen LogP contribution in [-0.4, -0.2) is 46.3 Å². The highest BCUT2D eigenvalue weighted by Crippen LogP contribution is 2.21. The first-order valence-corrected chi connectivity index (χ1v) is 8.74. The van der Waals surface area contributed by atoms with Gasteiger partial charge in [0.1, 0.15) is 23.4 Å². The first-order valence-electron chi connectivity index (χ1n) is 8.01. The van der Waals surface area contributed by atoms with Gasteiger partial charge >= 0.3 is 0 Å². The molecule has 3 aromatic rings. The van der Waals surface area contributed by atoms with E-state index in [4.69, 9.17) is 4.74 Å². The number of hydrogen-bond donors (Lipinski definition) is 1. The largest absolute Gasteiger partial charge is 0.492 e. The zero-order chi connectivity index (χ0) is 17.6. The lowest BCUT2D eigenvalue weighted by molar-refractivity contribution is -0.117. The molecule has 0 radical (unpaired) electrons. The third-order valence-corrected chi connectivity index (χ3v) is 4.34. The van der Waals surface area contributed by atoms with E-state index in [0.717, 1.165) is 34.1 Å². The Bertz CT molecular complexity index is 865. The molecule has 2 aromatic carbocycles. The number of hydrogen-bond acceptors (Lipinski definition) is 6. The summed E-state index contributed by atoms with van der Waals surface area (Å²) in [6, 6.07) is 13.5. The number of nitrogens with zero attached hydrogens (tertiary/aromatic N) is 3. The third-order valence-electron chi connectivity index (χ3n) is 3.80. The van der Waals surface area contributed by atoms with E-state index >= 15 is 0 Å². The van der Waals surface area contributed by atoms with Gasteiger partial charge in [-0.05, 0) is 37.7 Å². The molecule has 1 amide bonds. The molecular weight excluding hydrogens is 336 g/mol. The average molecular weight is 356 g/mol. The number of aryl methyl sites for hydroxylation is 1. The fourth-order valence-electron chi connectivity index (χ4n) is 2.45. The summed E-state index contributed by atoms with van der Waals surface area (Å²) >= 11 is 1.14. The van der Waals surface area contributed by atoms with E-state index in [2.05, 4.69) is 14.1 Å². The molecule has 1 N–H and O–H groups in total. The molecule has 0 fully saturated rings. The van der Waals surface area contributed by atoms with E-state index in [9.17, 15) is 4.79 Å². The minimum Gasteiger partial charge on any atom is -0.492 e. The normalized spacial score (nSPS) is 11.0. The van der Waals surface area contributed by atoms with Crippen LogP contribution in [0.25, 0.3) is 11.0 Å². The van der Waals surface area contributed by atoms with Crippen molar-refractivity contribution >= 4 is 34.4 Å². The molecular formula is C18H20N4O2S. The van der Waals surface area contributed by atoms with Crippen molar-refractivity contribution in [1.82, 2.24) is 13.6 Å². The Morgan fingerprint density at radius 2 is 2.04 bits per heavy atom. The molecule has 130 valence electrons. The highest BCUT2D eigenvalue weighted by Gasteiger charge is 2.11. The molecule has 0 bridgehead atoms. The average Bonchev–Trinajstić information content (AvgIpc) is 3.06. The number of anilines is 1. The quantitative estimate of drug-likeness (QED) is 0.705. The summed E-state index contributed by atoms with van der Waals surface area (Å²) in [5.41, 5.74) is 3.32. The summed E-state index contributed by atoms with van der Waals surface area (Å²) < 4.78 is 14.2. The maximum atomic E-state index is 12.2. The maximum Gasteiger partial charge on any atom is 0.238 e. The fraction of sp³-hybridized carbons (Fsp3) is 0.278. The molecule has 3 rings (SSSR count). The van der Waals surface area contributed by atoms with Crippen molar-refractivity contribution in [3.05, 3.63) is 48.0 Å². The van der Waals surface area contributed by atoms with Gasteiger partial charge in [0.05, 0.1) is 24.0 Å². The van der Waals surface area contributed by atoms with Crippen LogP contribution in [-0.2, 0) is 4.79 Å². The van der Waals surface area contributed by atoms with Crippen molar-refractivity contribution in [2.75, 3.05) is 32.1 Å². The Kier molecular flexibility index (Phi) is 5.57. The van der Waals surface area contributed by atoms with Crippen molar-refractivity contribution in [2.24, 2.45) is 0 Å². The number of carbonyl (C=O) groups excluding carboxylic acids is 1. The van der Waals surface area contributed by atoms with Gasteiger partial charge in [-0.2, -0.15) is 8.75 Å². The van der Waals surface area contributed by atoms with Gasteiger partial charge in [-0.25, -0.2) is 0 Å². The molecule has 0 atom stereocenters. The second-order valence-corrected chi connectivity index (χ2v) is 6.37. The van der Waals surface area contributed by atoms with Crippen LogP contribution in [0, 0.1) is 6.92 Å². The second kappa shape index (κ2) is 8.04. The van der Waals surface area contributed by atoms with Gasteiger partial charge in [-0.15, -0.1) is 0 Å². The third kappa shape index (κ3) is 4.52.